The lowest BCUT2D eigenvalue weighted by molar-refractivity contribution is -0.161. The molecule has 10 heteroatoms. The van der Waals surface area contributed by atoms with Gasteiger partial charge in [-0.1, -0.05) is 194 Å². The summed E-state index contributed by atoms with van der Waals surface area (Å²) in [6.45, 7) is 3.55. The molecule has 0 spiro atoms. The second-order valence-corrected chi connectivity index (χ2v) is 17.1. The summed E-state index contributed by atoms with van der Waals surface area (Å²) in [5.41, 5.74) is 5.35. The molecule has 63 heavy (non-hydrogen) atoms. The molecule has 0 aliphatic heterocycles. The van der Waals surface area contributed by atoms with Crippen molar-refractivity contribution in [2.45, 2.75) is 187 Å². The molecule has 2 atom stereocenters. The van der Waals surface area contributed by atoms with Crippen LogP contribution in [0.1, 0.15) is 181 Å². The average Bonchev–Trinajstić information content (AvgIpc) is 3.27. The van der Waals surface area contributed by atoms with Gasteiger partial charge in [-0.2, -0.15) is 0 Å². The maximum absolute atomic E-state index is 12.6. The lowest BCUT2D eigenvalue weighted by atomic mass is 10.1. The third-order valence-electron chi connectivity index (χ3n) is 9.67. The van der Waals surface area contributed by atoms with Crippen LogP contribution in [0.4, 0.5) is 0 Å². The van der Waals surface area contributed by atoms with E-state index in [1.165, 1.54) is 51.4 Å². The maximum Gasteiger partial charge on any atom is 0.472 e. The minimum Gasteiger partial charge on any atom is -0.462 e. The molecule has 0 amide bonds. The van der Waals surface area contributed by atoms with Crippen molar-refractivity contribution in [3.8, 4) is 0 Å². The highest BCUT2D eigenvalue weighted by Crippen LogP contribution is 2.43. The van der Waals surface area contributed by atoms with Gasteiger partial charge in [-0.3, -0.25) is 18.6 Å². The molecule has 0 saturated carbocycles. The molecule has 0 aromatic rings. The molecule has 0 heterocycles. The Balaban J connectivity index is 4.14. The van der Waals surface area contributed by atoms with Crippen molar-refractivity contribution in [2.75, 3.05) is 26.4 Å². The maximum atomic E-state index is 12.6. The Bertz CT molecular complexity index is 1390. The molecule has 0 aliphatic carbocycles. The SMILES string of the molecule is CC/C=C\C/C=C\C/C=C\C/C=C\C/C=C\C/C=C\C/C=C\C/C=C\C/C=C\CCCCCC(=O)OC(COC(=O)CCCCCCCCCCCCC)COP(=O)(O)OCCN. The van der Waals surface area contributed by atoms with E-state index in [2.05, 4.69) is 123 Å². The highest BCUT2D eigenvalue weighted by Gasteiger charge is 2.26. The molecule has 0 bridgehead atoms. The summed E-state index contributed by atoms with van der Waals surface area (Å²) >= 11 is 0. The Hall–Kier alpha value is -3.33. The van der Waals surface area contributed by atoms with Crippen LogP contribution >= 0.6 is 7.82 Å². The molecular weight excluding hydrogens is 810 g/mol. The van der Waals surface area contributed by atoms with Gasteiger partial charge in [-0.05, 0) is 83.5 Å². The van der Waals surface area contributed by atoms with Gasteiger partial charge >= 0.3 is 19.8 Å². The van der Waals surface area contributed by atoms with Crippen molar-refractivity contribution in [1.82, 2.24) is 0 Å². The van der Waals surface area contributed by atoms with Crippen LogP contribution < -0.4 is 5.73 Å². The van der Waals surface area contributed by atoms with E-state index in [4.69, 9.17) is 24.3 Å². The predicted octanol–water partition coefficient (Wildman–Crippen LogP) is 14.7. The fourth-order valence-corrected chi connectivity index (χ4v) is 6.86. The fourth-order valence-electron chi connectivity index (χ4n) is 6.10. The highest BCUT2D eigenvalue weighted by molar-refractivity contribution is 7.47. The molecule has 0 saturated heterocycles. The summed E-state index contributed by atoms with van der Waals surface area (Å²) in [5, 5.41) is 0. The van der Waals surface area contributed by atoms with Crippen LogP contribution in [0.2, 0.25) is 0 Å². The Morgan fingerprint density at radius 1 is 0.492 bits per heavy atom. The molecule has 2 unspecified atom stereocenters. The number of rotatable bonds is 44. The van der Waals surface area contributed by atoms with Crippen LogP contribution in [0.25, 0.3) is 0 Å². The number of unbranched alkanes of at least 4 members (excludes halogenated alkanes) is 13. The van der Waals surface area contributed by atoms with Crippen LogP contribution in [-0.4, -0.2) is 49.3 Å². The van der Waals surface area contributed by atoms with E-state index in [0.717, 1.165) is 96.3 Å². The number of allylic oxidation sites excluding steroid dienone is 18. The molecule has 0 aromatic heterocycles. The lowest BCUT2D eigenvalue weighted by Crippen LogP contribution is -2.29. The van der Waals surface area contributed by atoms with Gasteiger partial charge in [0.1, 0.15) is 6.61 Å². The first kappa shape index (κ1) is 59.7. The van der Waals surface area contributed by atoms with E-state index in [1.807, 2.05) is 0 Å². The van der Waals surface area contributed by atoms with Gasteiger partial charge in [0, 0.05) is 19.4 Å². The molecular formula is C53H88NO8P. The number of carbonyl (C=O) groups excluding carboxylic acids is 2. The van der Waals surface area contributed by atoms with Crippen molar-refractivity contribution in [2.24, 2.45) is 5.73 Å². The molecule has 3 N–H and O–H groups in total. The zero-order valence-electron chi connectivity index (χ0n) is 39.5. The van der Waals surface area contributed by atoms with Crippen molar-refractivity contribution in [3.63, 3.8) is 0 Å². The summed E-state index contributed by atoms with van der Waals surface area (Å²) < 4.78 is 32.8. The standard InChI is InChI=1S/C53H88NO8P/c1-3-5-7-9-11-13-15-16-17-18-19-20-21-22-23-24-25-26-27-28-29-30-31-32-33-34-36-38-40-42-44-46-53(56)62-51(50-61-63(57,58)60-48-47-54)49-59-52(55)45-43-41-39-37-35-14-12-10-8-6-4-2/h5,7,11,13,16-17,19-20,22-23,25-26,28-29,31-32,34,36,51H,3-4,6,8-10,12,14-15,18,21,24,27,30,33,35,37-50,54H2,1-2H3,(H,57,58)/b7-5-,13-11-,17-16-,20-19-,23-22-,26-25-,29-28-,32-31-,36-34-. The first-order valence-electron chi connectivity index (χ1n) is 24.4. The predicted molar refractivity (Wildman–Crippen MR) is 265 cm³/mol. The zero-order chi connectivity index (χ0) is 46.0. The van der Waals surface area contributed by atoms with Crippen molar-refractivity contribution < 1.29 is 37.6 Å². The second kappa shape index (κ2) is 48.1. The van der Waals surface area contributed by atoms with E-state index in [1.54, 1.807) is 0 Å². The van der Waals surface area contributed by atoms with Gasteiger partial charge in [-0.25, -0.2) is 4.57 Å². The number of hydrogen-bond donors (Lipinski definition) is 2. The first-order chi connectivity index (χ1) is 30.8. The quantitative estimate of drug-likeness (QED) is 0.0265. The van der Waals surface area contributed by atoms with Crippen molar-refractivity contribution in [3.05, 3.63) is 109 Å². The Morgan fingerprint density at radius 3 is 1.30 bits per heavy atom. The number of ether oxygens (including phenoxy) is 2. The Kier molecular flexibility index (Phi) is 45.6. The number of esters is 2. The molecule has 0 aromatic carbocycles. The zero-order valence-corrected chi connectivity index (χ0v) is 40.4. The van der Waals surface area contributed by atoms with E-state index in [9.17, 15) is 19.0 Å². The first-order valence-corrected chi connectivity index (χ1v) is 25.9. The van der Waals surface area contributed by atoms with Crippen LogP contribution in [0, 0.1) is 0 Å². The molecule has 0 rings (SSSR count). The second-order valence-electron chi connectivity index (χ2n) is 15.6. The lowest BCUT2D eigenvalue weighted by Gasteiger charge is -2.19. The van der Waals surface area contributed by atoms with Crippen LogP contribution in [0.15, 0.2) is 109 Å². The third-order valence-corrected chi connectivity index (χ3v) is 10.7. The molecule has 9 nitrogen and oxygen atoms in total. The summed E-state index contributed by atoms with van der Waals surface area (Å²) in [7, 11) is -4.39. The van der Waals surface area contributed by atoms with Crippen LogP contribution in [-0.2, 0) is 32.7 Å². The van der Waals surface area contributed by atoms with Gasteiger partial charge in [0.05, 0.1) is 13.2 Å². The van der Waals surface area contributed by atoms with Gasteiger partial charge < -0.3 is 20.1 Å². The number of hydrogen-bond acceptors (Lipinski definition) is 8. The highest BCUT2D eigenvalue weighted by atomic mass is 31.2. The van der Waals surface area contributed by atoms with Crippen LogP contribution in [0.3, 0.4) is 0 Å². The van der Waals surface area contributed by atoms with Crippen LogP contribution in [0.5, 0.6) is 0 Å². The molecule has 0 fully saturated rings. The Labute approximate surface area is 384 Å². The largest absolute Gasteiger partial charge is 0.472 e. The summed E-state index contributed by atoms with van der Waals surface area (Å²) in [6.07, 6.45) is 64.2. The monoisotopic (exact) mass is 898 g/mol. The molecule has 358 valence electrons. The van der Waals surface area contributed by atoms with Crippen molar-refractivity contribution in [1.29, 1.82) is 0 Å². The normalized spacial score (nSPS) is 14.2. The molecule has 0 radical (unpaired) electrons. The number of carbonyl (C=O) groups is 2. The van der Waals surface area contributed by atoms with E-state index in [0.29, 0.717) is 6.42 Å². The summed E-state index contributed by atoms with van der Waals surface area (Å²) in [5.74, 6) is -0.876. The van der Waals surface area contributed by atoms with Gasteiger partial charge in [0.25, 0.3) is 0 Å². The Morgan fingerprint density at radius 2 is 0.873 bits per heavy atom. The van der Waals surface area contributed by atoms with Gasteiger partial charge in [0.15, 0.2) is 6.10 Å². The van der Waals surface area contributed by atoms with Crippen molar-refractivity contribution >= 4 is 19.8 Å². The molecule has 0 aliphatic rings. The fraction of sp³-hybridized carbons (Fsp3) is 0.623. The third kappa shape index (κ3) is 48.0. The minimum atomic E-state index is -4.39. The minimum absolute atomic E-state index is 0.0426. The van der Waals surface area contributed by atoms with E-state index >= 15 is 0 Å². The number of phosphoric acid groups is 1. The smallest absolute Gasteiger partial charge is 0.462 e. The van der Waals surface area contributed by atoms with Gasteiger partial charge in [0.2, 0.25) is 0 Å². The van der Waals surface area contributed by atoms with E-state index < -0.39 is 32.5 Å². The van der Waals surface area contributed by atoms with E-state index in [-0.39, 0.29) is 32.6 Å². The number of phosphoric ester groups is 1. The average molecular weight is 898 g/mol. The number of nitrogens with two attached hydrogens (primary N) is 1. The topological polar surface area (TPSA) is 134 Å². The summed E-state index contributed by atoms with van der Waals surface area (Å²) in [6, 6.07) is 0. The van der Waals surface area contributed by atoms with Gasteiger partial charge in [-0.15, -0.1) is 0 Å². The summed E-state index contributed by atoms with van der Waals surface area (Å²) in [4.78, 5) is 34.9.